The van der Waals surface area contributed by atoms with Crippen LogP contribution in [-0.2, 0) is 12.8 Å². The number of nitrogens with one attached hydrogen (secondary N) is 2. The number of carboxylic acid groups (broad SMARTS) is 1. The molecule has 0 spiro atoms. The number of aromatic hydroxyl groups is 1. The number of carbonyl (C=O) groups is 1. The van der Waals surface area contributed by atoms with E-state index in [2.05, 4.69) is 21.3 Å². The van der Waals surface area contributed by atoms with Gasteiger partial charge in [0.15, 0.2) is 5.56 Å². The number of pyridine rings is 1. The van der Waals surface area contributed by atoms with Gasteiger partial charge < -0.3 is 25.4 Å². The van der Waals surface area contributed by atoms with Crippen LogP contribution in [-0.4, -0.2) is 47.3 Å². The van der Waals surface area contributed by atoms with Crippen LogP contribution in [0.5, 0.6) is 5.75 Å². The van der Waals surface area contributed by atoms with Crippen LogP contribution in [0.4, 0.5) is 5.69 Å². The first kappa shape index (κ1) is 20.2. The summed E-state index contributed by atoms with van der Waals surface area (Å²) in [6.45, 7) is 1.96. The van der Waals surface area contributed by atoms with Crippen LogP contribution >= 0.6 is 12.4 Å². The molecular formula is C20H24ClN3O4. The molecule has 1 unspecified atom stereocenters. The lowest BCUT2D eigenvalue weighted by atomic mass is 9.99. The van der Waals surface area contributed by atoms with Crippen molar-refractivity contribution in [3.05, 3.63) is 45.2 Å². The molecule has 7 nitrogen and oxygen atoms in total. The van der Waals surface area contributed by atoms with Gasteiger partial charge in [-0.05, 0) is 50.4 Å². The second kappa shape index (κ2) is 7.85. The number of fused-ring (bicyclic) bond motifs is 3. The van der Waals surface area contributed by atoms with Gasteiger partial charge in [-0.25, -0.2) is 4.79 Å². The molecule has 8 heteroatoms. The van der Waals surface area contributed by atoms with E-state index < -0.39 is 22.8 Å². The van der Waals surface area contributed by atoms with Gasteiger partial charge in [-0.1, -0.05) is 6.07 Å². The summed E-state index contributed by atoms with van der Waals surface area (Å²) in [5, 5.41) is 22.9. The molecule has 4 rings (SSSR count). The van der Waals surface area contributed by atoms with E-state index in [9.17, 15) is 19.8 Å². The van der Waals surface area contributed by atoms with Crippen LogP contribution in [0, 0.1) is 0 Å². The van der Waals surface area contributed by atoms with Gasteiger partial charge >= 0.3 is 5.97 Å². The topological polar surface area (TPSA) is 106 Å². The molecule has 1 aromatic carbocycles. The Morgan fingerprint density at radius 2 is 2.11 bits per heavy atom. The monoisotopic (exact) mass is 405 g/mol. The van der Waals surface area contributed by atoms with Crippen molar-refractivity contribution in [3.8, 4) is 17.0 Å². The number of benzene rings is 1. The highest BCUT2D eigenvalue weighted by Crippen LogP contribution is 2.37. The maximum Gasteiger partial charge on any atom is 0.345 e. The summed E-state index contributed by atoms with van der Waals surface area (Å²) in [6, 6.07) is 6.65. The number of aromatic carboxylic acids is 1. The van der Waals surface area contributed by atoms with Crippen molar-refractivity contribution in [2.45, 2.75) is 31.7 Å². The molecule has 0 radical (unpaired) electrons. The van der Waals surface area contributed by atoms with E-state index in [4.69, 9.17) is 0 Å². The lowest BCUT2D eigenvalue weighted by Gasteiger charge is -2.21. The van der Waals surface area contributed by atoms with Crippen LogP contribution in [0.1, 0.15) is 34.3 Å². The summed E-state index contributed by atoms with van der Waals surface area (Å²) in [5.74, 6) is -1.82. The number of aromatic amines is 1. The van der Waals surface area contributed by atoms with Crippen molar-refractivity contribution >= 4 is 24.1 Å². The van der Waals surface area contributed by atoms with Crippen LogP contribution in [0.3, 0.4) is 0 Å². The number of likely N-dealkylation sites (N-methyl/N-ethyl adjacent to an activating group) is 1. The third-order valence-electron chi connectivity index (χ3n) is 5.70. The fourth-order valence-electron chi connectivity index (χ4n) is 4.21. The summed E-state index contributed by atoms with van der Waals surface area (Å²) in [5.41, 5.74) is 2.82. The zero-order chi connectivity index (χ0) is 19.1. The molecule has 2 aliphatic rings. The summed E-state index contributed by atoms with van der Waals surface area (Å²) in [7, 11) is 1.98. The maximum atomic E-state index is 12.2. The van der Waals surface area contributed by atoms with Gasteiger partial charge in [0.05, 0.1) is 5.69 Å². The van der Waals surface area contributed by atoms with Crippen molar-refractivity contribution in [3.63, 3.8) is 0 Å². The number of carboxylic acids is 1. The molecule has 2 aromatic rings. The Morgan fingerprint density at radius 3 is 2.79 bits per heavy atom. The number of nitrogens with zero attached hydrogens (tertiary/aromatic N) is 1. The van der Waals surface area contributed by atoms with Gasteiger partial charge in [-0.3, -0.25) is 4.79 Å². The molecule has 150 valence electrons. The Kier molecular flexibility index (Phi) is 5.67. The minimum Gasteiger partial charge on any atom is -0.506 e. The number of halogens is 1. The van der Waals surface area contributed by atoms with Gasteiger partial charge in [-0.15, -0.1) is 12.4 Å². The lowest BCUT2D eigenvalue weighted by molar-refractivity contribution is 0.0691. The molecule has 1 aliphatic heterocycles. The van der Waals surface area contributed by atoms with E-state index in [0.29, 0.717) is 23.7 Å². The zero-order valence-electron chi connectivity index (χ0n) is 15.6. The van der Waals surface area contributed by atoms with E-state index >= 15 is 0 Å². The highest BCUT2D eigenvalue weighted by Gasteiger charge is 2.26. The van der Waals surface area contributed by atoms with Gasteiger partial charge in [0.25, 0.3) is 5.56 Å². The number of anilines is 1. The molecule has 4 N–H and O–H groups in total. The van der Waals surface area contributed by atoms with Gasteiger partial charge in [0, 0.05) is 35.9 Å². The van der Waals surface area contributed by atoms with E-state index in [1.54, 1.807) is 0 Å². The Hall–Kier alpha value is -2.51. The minimum atomic E-state index is -1.41. The number of hydrogen-bond acceptors (Lipinski definition) is 5. The Bertz CT molecular complexity index is 973. The smallest absolute Gasteiger partial charge is 0.345 e. The third-order valence-corrected chi connectivity index (χ3v) is 5.70. The Morgan fingerprint density at radius 1 is 1.32 bits per heavy atom. The van der Waals surface area contributed by atoms with Crippen LogP contribution < -0.4 is 15.8 Å². The van der Waals surface area contributed by atoms with Crippen LogP contribution in [0.2, 0.25) is 0 Å². The van der Waals surface area contributed by atoms with E-state index in [1.165, 1.54) is 0 Å². The molecule has 2 heterocycles. The average molecular weight is 406 g/mol. The van der Waals surface area contributed by atoms with Crippen molar-refractivity contribution in [1.82, 2.24) is 10.3 Å². The van der Waals surface area contributed by atoms with Crippen LogP contribution in [0.25, 0.3) is 11.3 Å². The molecule has 0 amide bonds. The standard InChI is InChI=1S/C20H23N3O4.ClH/c1-21-12-7-8-23(10-12)13-5-6-14-11(9-13)3-2-4-15-17(14)22-19(25)16(18(15)24)20(26)27;/h5-6,9,12,21H,2-4,7-8,10H2,1H3,(H,26,27)(H2,22,24,25);1H. The number of hydrogen-bond donors (Lipinski definition) is 4. The summed E-state index contributed by atoms with van der Waals surface area (Å²) in [4.78, 5) is 28.6. The van der Waals surface area contributed by atoms with Crippen molar-refractivity contribution in [2.24, 2.45) is 0 Å². The quantitative estimate of drug-likeness (QED) is 0.623. The second-order valence-electron chi connectivity index (χ2n) is 7.25. The number of aromatic nitrogens is 1. The van der Waals surface area contributed by atoms with Crippen LogP contribution in [0.15, 0.2) is 23.0 Å². The second-order valence-corrected chi connectivity index (χ2v) is 7.25. The Balaban J connectivity index is 0.00000225. The third kappa shape index (κ3) is 3.36. The lowest BCUT2D eigenvalue weighted by Crippen LogP contribution is -2.29. The van der Waals surface area contributed by atoms with Crippen molar-refractivity contribution in [2.75, 3.05) is 25.0 Å². The predicted octanol–water partition coefficient (Wildman–Crippen LogP) is 2.15. The van der Waals surface area contributed by atoms with Crippen molar-refractivity contribution in [1.29, 1.82) is 0 Å². The van der Waals surface area contributed by atoms with E-state index in [0.717, 1.165) is 49.2 Å². The van der Waals surface area contributed by atoms with Gasteiger partial charge in [0.2, 0.25) is 0 Å². The number of H-pyrrole nitrogens is 1. The fourth-order valence-corrected chi connectivity index (χ4v) is 4.21. The largest absolute Gasteiger partial charge is 0.506 e. The zero-order valence-corrected chi connectivity index (χ0v) is 16.4. The van der Waals surface area contributed by atoms with E-state index in [1.807, 2.05) is 19.2 Å². The fraction of sp³-hybridized carbons (Fsp3) is 0.400. The SMILES string of the molecule is CNC1CCN(c2ccc3c(c2)CCCc2c-3[nH]c(=O)c(C(=O)O)c2O)C1.Cl. The molecule has 1 fully saturated rings. The Labute approximate surface area is 168 Å². The normalized spacial score (nSPS) is 18.0. The highest BCUT2D eigenvalue weighted by molar-refractivity contribution is 5.92. The molecule has 28 heavy (non-hydrogen) atoms. The molecule has 1 saturated heterocycles. The summed E-state index contributed by atoms with van der Waals surface area (Å²) < 4.78 is 0. The maximum absolute atomic E-state index is 12.2. The highest BCUT2D eigenvalue weighted by atomic mass is 35.5. The number of rotatable bonds is 3. The molecule has 1 aliphatic carbocycles. The van der Waals surface area contributed by atoms with Gasteiger partial charge in [0.1, 0.15) is 5.75 Å². The summed E-state index contributed by atoms with van der Waals surface area (Å²) in [6.07, 6.45) is 3.22. The minimum absolute atomic E-state index is 0. The molecule has 1 atom stereocenters. The van der Waals surface area contributed by atoms with Gasteiger partial charge in [-0.2, -0.15) is 0 Å². The first-order valence-corrected chi connectivity index (χ1v) is 9.26. The first-order chi connectivity index (χ1) is 13.0. The molecule has 0 saturated carbocycles. The van der Waals surface area contributed by atoms with E-state index in [-0.39, 0.29) is 12.4 Å². The molecule has 1 aromatic heterocycles. The predicted molar refractivity (Wildman–Crippen MR) is 110 cm³/mol. The average Bonchev–Trinajstić information content (AvgIpc) is 3.04. The summed E-state index contributed by atoms with van der Waals surface area (Å²) >= 11 is 0. The molecular weight excluding hydrogens is 382 g/mol. The number of aryl methyl sites for hydroxylation is 1. The first-order valence-electron chi connectivity index (χ1n) is 9.26. The van der Waals surface area contributed by atoms with Crippen molar-refractivity contribution < 1.29 is 15.0 Å². The molecule has 0 bridgehead atoms.